The number of hydrogen-bond acceptors (Lipinski definition) is 5. The molecule has 0 saturated carbocycles. The van der Waals surface area contributed by atoms with Gasteiger partial charge in [-0.1, -0.05) is 0 Å². The van der Waals surface area contributed by atoms with E-state index in [1.807, 2.05) is 17.5 Å². The lowest BCUT2D eigenvalue weighted by molar-refractivity contribution is -0.137. The largest absolute Gasteiger partial charge is 0.294 e. The van der Waals surface area contributed by atoms with Crippen molar-refractivity contribution in [3.63, 3.8) is 0 Å². The van der Waals surface area contributed by atoms with Gasteiger partial charge >= 0.3 is 0 Å². The van der Waals surface area contributed by atoms with Crippen molar-refractivity contribution < 1.29 is 9.59 Å². The molecule has 1 aliphatic rings. The maximum atomic E-state index is 11.6. The van der Waals surface area contributed by atoms with E-state index in [1.54, 1.807) is 12.1 Å². The number of carbonyl (C=O) groups excluding carboxylic acids is 2. The number of imide groups is 1. The van der Waals surface area contributed by atoms with Crippen LogP contribution in [0.3, 0.4) is 0 Å². The first-order valence-corrected chi connectivity index (χ1v) is 5.23. The molecule has 1 N–H and O–H groups in total. The van der Waals surface area contributed by atoms with E-state index in [0.717, 1.165) is 0 Å². The van der Waals surface area contributed by atoms with Gasteiger partial charge in [0.15, 0.2) is 0 Å². The molecule has 2 unspecified atom stereocenters. The van der Waals surface area contributed by atoms with E-state index in [4.69, 9.17) is 10.5 Å². The first kappa shape index (κ1) is 11.7. The van der Waals surface area contributed by atoms with Gasteiger partial charge in [0.25, 0.3) is 0 Å². The van der Waals surface area contributed by atoms with E-state index in [1.165, 1.54) is 12.4 Å². The van der Waals surface area contributed by atoms with Crippen molar-refractivity contribution in [2.24, 2.45) is 11.8 Å². The third-order valence-electron chi connectivity index (χ3n) is 2.90. The van der Waals surface area contributed by atoms with E-state index in [2.05, 4.69) is 4.98 Å². The lowest BCUT2D eigenvalue weighted by Gasteiger charge is -2.29. The van der Waals surface area contributed by atoms with Crippen LogP contribution in [-0.2, 0) is 9.59 Å². The minimum atomic E-state index is -1.05. The third kappa shape index (κ3) is 1.80. The molecular weight excluding hydrogens is 232 g/mol. The molecule has 0 aromatic carbocycles. The second-order valence-electron chi connectivity index (χ2n) is 3.87. The van der Waals surface area contributed by atoms with Gasteiger partial charge in [-0.2, -0.15) is 10.5 Å². The molecular formula is C12H8N4O2. The Morgan fingerprint density at radius 2 is 1.56 bits per heavy atom. The highest BCUT2D eigenvalue weighted by Gasteiger charge is 2.45. The molecule has 2 heterocycles. The normalized spacial score (nSPS) is 26.9. The molecule has 0 bridgehead atoms. The van der Waals surface area contributed by atoms with Crippen LogP contribution in [0.15, 0.2) is 24.5 Å². The number of carbonyl (C=O) groups is 2. The SMILES string of the molecule is N#CC1C(=O)NC(=O)C(C#N)C1c1ccncc1. The molecule has 2 rings (SSSR count). The molecule has 2 amide bonds. The van der Waals surface area contributed by atoms with Gasteiger partial charge in [0.2, 0.25) is 11.8 Å². The lowest BCUT2D eigenvalue weighted by atomic mass is 9.75. The maximum Gasteiger partial charge on any atom is 0.244 e. The molecule has 0 radical (unpaired) electrons. The summed E-state index contributed by atoms with van der Waals surface area (Å²) in [6, 6.07) is 6.91. The monoisotopic (exact) mass is 240 g/mol. The Labute approximate surface area is 103 Å². The van der Waals surface area contributed by atoms with Gasteiger partial charge in [-0.15, -0.1) is 0 Å². The Morgan fingerprint density at radius 3 is 2.00 bits per heavy atom. The van der Waals surface area contributed by atoms with Crippen molar-refractivity contribution in [3.05, 3.63) is 30.1 Å². The number of aromatic nitrogens is 1. The number of pyridine rings is 1. The summed E-state index contributed by atoms with van der Waals surface area (Å²) in [5.74, 6) is -4.15. The van der Waals surface area contributed by atoms with Gasteiger partial charge < -0.3 is 0 Å². The van der Waals surface area contributed by atoms with Crippen LogP contribution in [0.25, 0.3) is 0 Å². The minimum absolute atomic E-state index is 0.589. The van der Waals surface area contributed by atoms with Crippen molar-refractivity contribution >= 4 is 11.8 Å². The van der Waals surface area contributed by atoms with Gasteiger partial charge in [0.1, 0.15) is 11.8 Å². The van der Waals surface area contributed by atoms with Crippen LogP contribution in [-0.4, -0.2) is 16.8 Å². The van der Waals surface area contributed by atoms with Crippen molar-refractivity contribution in [2.45, 2.75) is 5.92 Å². The zero-order valence-corrected chi connectivity index (χ0v) is 9.20. The molecule has 6 heteroatoms. The highest BCUT2D eigenvalue weighted by molar-refractivity contribution is 6.03. The Kier molecular flexibility index (Phi) is 3.03. The van der Waals surface area contributed by atoms with E-state index >= 15 is 0 Å². The number of nitriles is 2. The first-order chi connectivity index (χ1) is 8.69. The average Bonchev–Trinajstić information content (AvgIpc) is 2.39. The molecule has 1 aliphatic heterocycles. The summed E-state index contributed by atoms with van der Waals surface area (Å²) in [6.45, 7) is 0. The van der Waals surface area contributed by atoms with E-state index in [-0.39, 0.29) is 0 Å². The summed E-state index contributed by atoms with van der Waals surface area (Å²) in [6.07, 6.45) is 2.99. The number of piperidine rings is 1. The highest BCUT2D eigenvalue weighted by Crippen LogP contribution is 2.34. The van der Waals surface area contributed by atoms with Crippen LogP contribution in [0.4, 0.5) is 0 Å². The molecule has 1 aromatic heterocycles. The Balaban J connectivity index is 2.50. The Bertz CT molecular complexity index is 538. The van der Waals surface area contributed by atoms with Crippen LogP contribution in [0.1, 0.15) is 11.5 Å². The maximum absolute atomic E-state index is 11.6. The van der Waals surface area contributed by atoms with Crippen molar-refractivity contribution in [2.75, 3.05) is 0 Å². The minimum Gasteiger partial charge on any atom is -0.294 e. The quantitative estimate of drug-likeness (QED) is 0.700. The fraction of sp³-hybridized carbons (Fsp3) is 0.250. The Morgan fingerprint density at radius 1 is 1.06 bits per heavy atom. The Hall–Kier alpha value is -2.73. The second kappa shape index (κ2) is 4.64. The van der Waals surface area contributed by atoms with Crippen molar-refractivity contribution in [1.29, 1.82) is 10.5 Å². The number of nitrogens with one attached hydrogen (secondary N) is 1. The van der Waals surface area contributed by atoms with Crippen LogP contribution in [0.5, 0.6) is 0 Å². The fourth-order valence-corrected chi connectivity index (χ4v) is 2.04. The number of nitrogens with zero attached hydrogens (tertiary/aromatic N) is 3. The van der Waals surface area contributed by atoms with E-state index < -0.39 is 29.6 Å². The zero-order chi connectivity index (χ0) is 13.1. The zero-order valence-electron chi connectivity index (χ0n) is 9.20. The summed E-state index contributed by atoms with van der Waals surface area (Å²) in [5, 5.41) is 20.1. The molecule has 18 heavy (non-hydrogen) atoms. The summed E-state index contributed by atoms with van der Waals surface area (Å²) in [7, 11) is 0. The molecule has 0 spiro atoms. The van der Waals surface area contributed by atoms with Crippen molar-refractivity contribution in [1.82, 2.24) is 10.3 Å². The van der Waals surface area contributed by atoms with Crippen LogP contribution >= 0.6 is 0 Å². The molecule has 1 aromatic rings. The topological polar surface area (TPSA) is 107 Å². The summed E-state index contributed by atoms with van der Waals surface area (Å²) in [5.41, 5.74) is 0.589. The number of hydrogen-bond donors (Lipinski definition) is 1. The average molecular weight is 240 g/mol. The number of rotatable bonds is 1. The predicted octanol–water partition coefficient (Wildman–Crippen LogP) is 0.101. The molecule has 6 nitrogen and oxygen atoms in total. The van der Waals surface area contributed by atoms with E-state index in [9.17, 15) is 9.59 Å². The second-order valence-corrected chi connectivity index (χ2v) is 3.87. The highest BCUT2D eigenvalue weighted by atomic mass is 16.2. The van der Waals surface area contributed by atoms with Crippen LogP contribution < -0.4 is 5.32 Å². The van der Waals surface area contributed by atoms with Gasteiger partial charge in [-0.05, 0) is 17.7 Å². The standard InChI is InChI=1S/C12H8N4O2/c13-5-8-10(7-1-3-15-4-2-7)9(6-14)12(18)16-11(8)17/h1-4,8-10H,(H,16,17,18). The number of amides is 2. The molecule has 1 fully saturated rings. The molecule has 2 atom stereocenters. The third-order valence-corrected chi connectivity index (χ3v) is 2.90. The predicted molar refractivity (Wildman–Crippen MR) is 58.3 cm³/mol. The fourth-order valence-electron chi connectivity index (χ4n) is 2.04. The van der Waals surface area contributed by atoms with Crippen molar-refractivity contribution in [3.8, 4) is 12.1 Å². The molecule has 0 aliphatic carbocycles. The summed E-state index contributed by atoms with van der Waals surface area (Å²) < 4.78 is 0. The molecule has 88 valence electrons. The lowest BCUT2D eigenvalue weighted by Crippen LogP contribution is -2.49. The van der Waals surface area contributed by atoms with Gasteiger partial charge in [-0.3, -0.25) is 19.9 Å². The van der Waals surface area contributed by atoms with Gasteiger partial charge in [-0.25, -0.2) is 0 Å². The smallest absolute Gasteiger partial charge is 0.244 e. The van der Waals surface area contributed by atoms with Crippen LogP contribution in [0.2, 0.25) is 0 Å². The summed E-state index contributed by atoms with van der Waals surface area (Å²) in [4.78, 5) is 27.0. The van der Waals surface area contributed by atoms with Gasteiger partial charge in [0, 0.05) is 18.3 Å². The summed E-state index contributed by atoms with van der Waals surface area (Å²) >= 11 is 0. The van der Waals surface area contributed by atoms with Gasteiger partial charge in [0.05, 0.1) is 12.1 Å². The molecule has 1 saturated heterocycles. The van der Waals surface area contributed by atoms with Crippen LogP contribution in [0, 0.1) is 34.5 Å². The van der Waals surface area contributed by atoms with E-state index in [0.29, 0.717) is 5.56 Å². The first-order valence-electron chi connectivity index (χ1n) is 5.23.